The Labute approximate surface area is 182 Å². The molecular formula is C21H34O10. The van der Waals surface area contributed by atoms with Crippen LogP contribution in [0.5, 0.6) is 0 Å². The fourth-order valence-corrected chi connectivity index (χ4v) is 2.28. The van der Waals surface area contributed by atoms with Crippen molar-refractivity contribution in [3.05, 3.63) is 0 Å². The highest BCUT2D eigenvalue weighted by molar-refractivity contribution is 5.71. The first-order valence-electron chi connectivity index (χ1n) is 10.6. The van der Waals surface area contributed by atoms with Crippen LogP contribution in [0.1, 0.15) is 73.1 Å². The van der Waals surface area contributed by atoms with Gasteiger partial charge >= 0.3 is 29.8 Å². The molecule has 31 heavy (non-hydrogen) atoms. The number of carbonyl (C=O) groups is 5. The third-order valence-corrected chi connectivity index (χ3v) is 4.08. The molecule has 0 aromatic heterocycles. The van der Waals surface area contributed by atoms with E-state index in [0.29, 0.717) is 0 Å². The predicted octanol–water partition coefficient (Wildman–Crippen LogP) is 2.25. The number of ether oxygens (including phenoxy) is 5. The summed E-state index contributed by atoms with van der Waals surface area (Å²) in [5.74, 6) is -2.83. The number of hydrogen-bond acceptors (Lipinski definition) is 10. The van der Waals surface area contributed by atoms with Gasteiger partial charge in [-0.25, -0.2) is 0 Å². The molecule has 0 spiro atoms. The smallest absolute Gasteiger partial charge is 0.306 e. The predicted molar refractivity (Wildman–Crippen MR) is 108 cm³/mol. The van der Waals surface area contributed by atoms with Gasteiger partial charge < -0.3 is 23.7 Å². The summed E-state index contributed by atoms with van der Waals surface area (Å²) in [6.07, 6.45) is -3.24. The molecule has 0 amide bonds. The third kappa shape index (κ3) is 12.0. The molecule has 0 heterocycles. The van der Waals surface area contributed by atoms with Gasteiger partial charge in [-0.1, -0.05) is 34.6 Å². The zero-order valence-corrected chi connectivity index (χ0v) is 19.0. The Morgan fingerprint density at radius 3 is 1.45 bits per heavy atom. The van der Waals surface area contributed by atoms with E-state index < -0.39 is 54.8 Å². The second-order valence-corrected chi connectivity index (χ2v) is 6.47. The van der Waals surface area contributed by atoms with Crippen molar-refractivity contribution in [3.63, 3.8) is 0 Å². The maximum absolute atomic E-state index is 12.1. The van der Waals surface area contributed by atoms with E-state index >= 15 is 0 Å². The summed E-state index contributed by atoms with van der Waals surface area (Å²) < 4.78 is 26.4. The Kier molecular flexibility index (Phi) is 14.7. The Bertz CT molecular complexity index is 601. The lowest BCUT2D eigenvalue weighted by Crippen LogP contribution is -2.48. The van der Waals surface area contributed by atoms with Crippen LogP contribution in [0.4, 0.5) is 0 Å². The Balaban J connectivity index is 5.83. The van der Waals surface area contributed by atoms with Crippen molar-refractivity contribution in [1.82, 2.24) is 0 Å². The minimum Gasteiger partial charge on any atom is -0.466 e. The number of carbonyl (C=O) groups excluding carboxylic acids is 5. The van der Waals surface area contributed by atoms with E-state index in [4.69, 9.17) is 23.7 Å². The lowest BCUT2D eigenvalue weighted by atomic mass is 10.0. The first-order valence-corrected chi connectivity index (χ1v) is 10.6. The van der Waals surface area contributed by atoms with Crippen LogP contribution in [0.3, 0.4) is 0 Å². The van der Waals surface area contributed by atoms with Gasteiger partial charge in [0.1, 0.15) is 12.7 Å². The van der Waals surface area contributed by atoms with Gasteiger partial charge in [0.05, 0.1) is 6.61 Å². The molecule has 0 aliphatic heterocycles. The monoisotopic (exact) mass is 446 g/mol. The highest BCUT2D eigenvalue weighted by Crippen LogP contribution is 2.19. The molecule has 10 heteroatoms. The van der Waals surface area contributed by atoms with Gasteiger partial charge in [0.2, 0.25) is 0 Å². The van der Waals surface area contributed by atoms with E-state index in [0.717, 1.165) is 0 Å². The molecule has 0 radical (unpaired) electrons. The van der Waals surface area contributed by atoms with Crippen LogP contribution < -0.4 is 0 Å². The van der Waals surface area contributed by atoms with Crippen molar-refractivity contribution < 1.29 is 47.7 Å². The lowest BCUT2D eigenvalue weighted by molar-refractivity contribution is -0.193. The summed E-state index contributed by atoms with van der Waals surface area (Å²) in [7, 11) is 0. The van der Waals surface area contributed by atoms with Crippen LogP contribution in [0.15, 0.2) is 0 Å². The van der Waals surface area contributed by atoms with Crippen molar-refractivity contribution in [2.75, 3.05) is 13.2 Å². The Hall–Kier alpha value is -2.65. The zero-order valence-electron chi connectivity index (χ0n) is 19.0. The van der Waals surface area contributed by atoms with Crippen LogP contribution in [0, 0.1) is 0 Å². The number of rotatable bonds is 15. The highest BCUT2D eigenvalue weighted by Gasteiger charge is 2.38. The molecule has 0 aromatic rings. The van der Waals surface area contributed by atoms with Crippen LogP contribution in [-0.2, 0) is 47.7 Å². The third-order valence-electron chi connectivity index (χ3n) is 4.08. The largest absolute Gasteiger partial charge is 0.466 e. The Morgan fingerprint density at radius 1 is 0.548 bits per heavy atom. The summed E-state index contributed by atoms with van der Waals surface area (Å²) in [6.45, 7) is 7.44. The van der Waals surface area contributed by atoms with Gasteiger partial charge in [-0.3, -0.25) is 24.0 Å². The van der Waals surface area contributed by atoms with Gasteiger partial charge in [0, 0.05) is 38.5 Å². The molecule has 0 aliphatic rings. The summed E-state index contributed by atoms with van der Waals surface area (Å²) in [5.41, 5.74) is 0. The van der Waals surface area contributed by atoms with Gasteiger partial charge in [-0.05, 0) is 0 Å². The van der Waals surface area contributed by atoms with Crippen LogP contribution in [-0.4, -0.2) is 61.4 Å². The van der Waals surface area contributed by atoms with Crippen LogP contribution >= 0.6 is 0 Å². The molecule has 3 atom stereocenters. The van der Waals surface area contributed by atoms with Gasteiger partial charge in [0.25, 0.3) is 0 Å². The SMILES string of the molecule is CCC(=O)OCCC(OC(=O)CC)C(OC(=O)CC)C(COC(=O)CC)OC(=O)CC. The van der Waals surface area contributed by atoms with Crippen LogP contribution in [0.2, 0.25) is 0 Å². The lowest BCUT2D eigenvalue weighted by Gasteiger charge is -2.32. The molecule has 178 valence electrons. The van der Waals surface area contributed by atoms with Crippen molar-refractivity contribution in [2.45, 2.75) is 91.5 Å². The summed E-state index contributed by atoms with van der Waals surface area (Å²) in [6, 6.07) is 0. The fourth-order valence-electron chi connectivity index (χ4n) is 2.28. The van der Waals surface area contributed by atoms with E-state index in [9.17, 15) is 24.0 Å². The Morgan fingerprint density at radius 2 is 0.968 bits per heavy atom. The molecule has 10 nitrogen and oxygen atoms in total. The molecule has 3 unspecified atom stereocenters. The van der Waals surface area contributed by atoms with Gasteiger partial charge in [-0.15, -0.1) is 0 Å². The van der Waals surface area contributed by atoms with E-state index in [1.54, 1.807) is 34.6 Å². The summed E-state index contributed by atoms with van der Waals surface area (Å²) in [5, 5.41) is 0. The second kappa shape index (κ2) is 16.1. The quantitative estimate of drug-likeness (QED) is 0.272. The van der Waals surface area contributed by atoms with Crippen molar-refractivity contribution in [3.8, 4) is 0 Å². The van der Waals surface area contributed by atoms with Crippen molar-refractivity contribution in [1.29, 1.82) is 0 Å². The van der Waals surface area contributed by atoms with E-state index in [2.05, 4.69) is 0 Å². The maximum atomic E-state index is 12.1. The number of esters is 5. The van der Waals surface area contributed by atoms with Crippen LogP contribution in [0.25, 0.3) is 0 Å². The second-order valence-electron chi connectivity index (χ2n) is 6.47. The zero-order chi connectivity index (χ0) is 23.8. The van der Waals surface area contributed by atoms with E-state index in [-0.39, 0.29) is 45.1 Å². The molecule has 0 aliphatic carbocycles. The molecule has 0 saturated carbocycles. The first kappa shape index (κ1) is 28.4. The molecule has 0 N–H and O–H groups in total. The normalized spacial score (nSPS) is 13.3. The molecular weight excluding hydrogens is 412 g/mol. The average molecular weight is 446 g/mol. The molecule has 0 rings (SSSR count). The minimum atomic E-state index is -1.26. The average Bonchev–Trinajstić information content (AvgIpc) is 2.78. The van der Waals surface area contributed by atoms with Crippen molar-refractivity contribution >= 4 is 29.8 Å². The summed E-state index contributed by atoms with van der Waals surface area (Å²) in [4.78, 5) is 59.1. The number of hydrogen-bond donors (Lipinski definition) is 0. The minimum absolute atomic E-state index is 0.0129. The van der Waals surface area contributed by atoms with Crippen molar-refractivity contribution in [2.24, 2.45) is 0 Å². The molecule has 0 aromatic carbocycles. The maximum Gasteiger partial charge on any atom is 0.306 e. The van der Waals surface area contributed by atoms with Gasteiger partial charge in [0.15, 0.2) is 12.2 Å². The first-order chi connectivity index (χ1) is 14.7. The van der Waals surface area contributed by atoms with Gasteiger partial charge in [-0.2, -0.15) is 0 Å². The van der Waals surface area contributed by atoms with E-state index in [1.807, 2.05) is 0 Å². The standard InChI is InChI=1S/C21H34O10/c1-6-16(22)27-12-11-14(29-18(24)8-3)21(31-20(26)10-5)15(30-19(25)9-4)13-28-17(23)7-2/h14-15,21H,6-13H2,1-5H3. The summed E-state index contributed by atoms with van der Waals surface area (Å²) >= 11 is 0. The molecule has 0 saturated heterocycles. The molecule has 0 fully saturated rings. The topological polar surface area (TPSA) is 132 Å². The van der Waals surface area contributed by atoms with E-state index in [1.165, 1.54) is 0 Å². The highest BCUT2D eigenvalue weighted by atomic mass is 16.6. The fraction of sp³-hybridized carbons (Fsp3) is 0.762. The molecule has 0 bridgehead atoms.